The topological polar surface area (TPSA) is 33.7 Å². The molecule has 0 aliphatic carbocycles. The summed E-state index contributed by atoms with van der Waals surface area (Å²) in [6.45, 7) is 4.88. The van der Waals surface area contributed by atoms with E-state index in [2.05, 4.69) is 34.5 Å². The van der Waals surface area contributed by atoms with Gasteiger partial charge in [-0.25, -0.2) is 0 Å². The van der Waals surface area contributed by atoms with E-state index in [9.17, 15) is 0 Å². The molecule has 2 atom stereocenters. The molecule has 0 radical (unpaired) electrons. The Bertz CT molecular complexity index is 365. The van der Waals surface area contributed by atoms with Gasteiger partial charge in [-0.3, -0.25) is 4.90 Å². The normalized spacial score (nSPS) is 29.6. The summed E-state index contributed by atoms with van der Waals surface area (Å²) in [4.78, 5) is 2.36. The number of ether oxygens (including phenoxy) is 2. The third kappa shape index (κ3) is 2.90. The van der Waals surface area contributed by atoms with Gasteiger partial charge in [0.05, 0.1) is 6.61 Å². The summed E-state index contributed by atoms with van der Waals surface area (Å²) in [5, 5.41) is 3.35. The third-order valence-corrected chi connectivity index (χ3v) is 3.54. The Hall–Kier alpha value is -0.940. The predicted octanol–water partition coefficient (Wildman–Crippen LogP) is 0.833. The predicted molar refractivity (Wildman–Crippen MR) is 69.2 cm³/mol. The fourth-order valence-corrected chi connectivity index (χ4v) is 2.52. The lowest BCUT2D eigenvalue weighted by atomic mass is 10.1. The zero-order chi connectivity index (χ0) is 12.2. The van der Waals surface area contributed by atoms with E-state index in [0.29, 0.717) is 6.61 Å². The largest absolute Gasteiger partial charge is 0.348 e. The van der Waals surface area contributed by atoms with Crippen molar-refractivity contribution in [3.8, 4) is 0 Å². The van der Waals surface area contributed by atoms with Crippen molar-refractivity contribution in [3.05, 3.63) is 35.9 Å². The molecule has 2 unspecified atom stereocenters. The van der Waals surface area contributed by atoms with Crippen molar-refractivity contribution in [1.29, 1.82) is 0 Å². The molecular weight excluding hydrogens is 228 g/mol. The van der Waals surface area contributed by atoms with Gasteiger partial charge in [0.15, 0.2) is 6.29 Å². The Morgan fingerprint density at radius 1 is 1.17 bits per heavy atom. The van der Waals surface area contributed by atoms with Crippen molar-refractivity contribution in [2.45, 2.75) is 18.9 Å². The first-order valence-corrected chi connectivity index (χ1v) is 6.67. The Kier molecular flexibility index (Phi) is 3.90. The zero-order valence-electron chi connectivity index (χ0n) is 10.5. The van der Waals surface area contributed by atoms with Crippen LogP contribution < -0.4 is 5.32 Å². The Labute approximate surface area is 108 Å². The molecule has 0 spiro atoms. The van der Waals surface area contributed by atoms with Crippen LogP contribution in [0.2, 0.25) is 0 Å². The maximum atomic E-state index is 5.98. The summed E-state index contributed by atoms with van der Waals surface area (Å²) < 4.78 is 11.7. The fraction of sp³-hybridized carbons (Fsp3) is 0.571. The number of hydrogen-bond donors (Lipinski definition) is 1. The van der Waals surface area contributed by atoms with Crippen LogP contribution >= 0.6 is 0 Å². The van der Waals surface area contributed by atoms with Crippen molar-refractivity contribution in [2.75, 3.05) is 32.8 Å². The molecule has 2 fully saturated rings. The maximum absolute atomic E-state index is 5.98. The summed E-state index contributed by atoms with van der Waals surface area (Å²) in [5.41, 5.74) is 1.27. The van der Waals surface area contributed by atoms with Gasteiger partial charge in [-0.1, -0.05) is 30.3 Å². The molecule has 4 nitrogen and oxygen atoms in total. The van der Waals surface area contributed by atoms with Gasteiger partial charge in [0.1, 0.15) is 6.23 Å². The lowest BCUT2D eigenvalue weighted by molar-refractivity contribution is -0.0928. The molecule has 1 N–H and O–H groups in total. The Morgan fingerprint density at radius 2 is 1.94 bits per heavy atom. The number of hydrogen-bond acceptors (Lipinski definition) is 4. The first kappa shape index (κ1) is 12.1. The molecule has 3 rings (SSSR count). The molecule has 0 amide bonds. The van der Waals surface area contributed by atoms with Crippen LogP contribution in [0.1, 0.15) is 5.56 Å². The van der Waals surface area contributed by atoms with Gasteiger partial charge in [0.25, 0.3) is 0 Å². The summed E-state index contributed by atoms with van der Waals surface area (Å²) in [5.74, 6) is 0. The summed E-state index contributed by atoms with van der Waals surface area (Å²) in [6.07, 6.45) is 0.886. The average Bonchev–Trinajstić information content (AvgIpc) is 2.89. The highest BCUT2D eigenvalue weighted by Crippen LogP contribution is 2.19. The van der Waals surface area contributed by atoms with Crippen LogP contribution in [0.5, 0.6) is 0 Å². The molecular formula is C14H20N2O2. The minimum absolute atomic E-state index is 0.0905. The van der Waals surface area contributed by atoms with E-state index in [1.165, 1.54) is 5.56 Å². The van der Waals surface area contributed by atoms with Gasteiger partial charge in [-0.15, -0.1) is 0 Å². The fourth-order valence-electron chi connectivity index (χ4n) is 2.52. The van der Waals surface area contributed by atoms with Crippen LogP contribution in [0.3, 0.4) is 0 Å². The van der Waals surface area contributed by atoms with Crippen molar-refractivity contribution in [3.63, 3.8) is 0 Å². The first-order valence-electron chi connectivity index (χ1n) is 6.67. The van der Waals surface area contributed by atoms with Crippen molar-refractivity contribution < 1.29 is 9.47 Å². The molecule has 18 heavy (non-hydrogen) atoms. The number of rotatable bonds is 3. The molecule has 2 heterocycles. The minimum atomic E-state index is -0.0905. The van der Waals surface area contributed by atoms with E-state index in [1.54, 1.807) is 0 Å². The highest BCUT2D eigenvalue weighted by atomic mass is 16.7. The molecule has 0 saturated carbocycles. The second kappa shape index (κ2) is 5.80. The summed E-state index contributed by atoms with van der Waals surface area (Å²) >= 11 is 0. The van der Waals surface area contributed by atoms with Crippen molar-refractivity contribution in [1.82, 2.24) is 10.2 Å². The number of nitrogens with one attached hydrogen (secondary N) is 1. The van der Waals surface area contributed by atoms with Gasteiger partial charge in [0, 0.05) is 32.6 Å². The van der Waals surface area contributed by atoms with Gasteiger partial charge < -0.3 is 14.8 Å². The molecule has 4 heteroatoms. The van der Waals surface area contributed by atoms with E-state index >= 15 is 0 Å². The number of piperazine rings is 1. The van der Waals surface area contributed by atoms with Crippen molar-refractivity contribution in [2.24, 2.45) is 0 Å². The molecule has 2 aliphatic heterocycles. The van der Waals surface area contributed by atoms with Gasteiger partial charge in [-0.05, 0) is 5.56 Å². The SMILES string of the molecule is c1ccc(CC2OCC(N3CCNCC3)O2)cc1. The smallest absolute Gasteiger partial charge is 0.163 e. The first-order chi connectivity index (χ1) is 8.92. The van der Waals surface area contributed by atoms with E-state index in [1.807, 2.05) is 6.07 Å². The van der Waals surface area contributed by atoms with Crippen LogP contribution in [0.4, 0.5) is 0 Å². The van der Waals surface area contributed by atoms with Crippen LogP contribution in [0, 0.1) is 0 Å². The van der Waals surface area contributed by atoms with Crippen LogP contribution in [-0.4, -0.2) is 50.2 Å². The third-order valence-electron chi connectivity index (χ3n) is 3.54. The van der Waals surface area contributed by atoms with E-state index in [4.69, 9.17) is 9.47 Å². The van der Waals surface area contributed by atoms with Crippen molar-refractivity contribution >= 4 is 0 Å². The molecule has 98 valence electrons. The van der Waals surface area contributed by atoms with Crippen LogP contribution in [0.25, 0.3) is 0 Å². The van der Waals surface area contributed by atoms with Gasteiger partial charge in [-0.2, -0.15) is 0 Å². The lowest BCUT2D eigenvalue weighted by Crippen LogP contribution is -2.49. The minimum Gasteiger partial charge on any atom is -0.348 e. The maximum Gasteiger partial charge on any atom is 0.163 e. The molecule has 1 aromatic rings. The standard InChI is InChI=1S/C14H20N2O2/c1-2-4-12(5-3-1)10-14-17-11-13(18-14)16-8-6-15-7-9-16/h1-5,13-15H,6-11H2. The molecule has 1 aromatic carbocycles. The second-order valence-electron chi connectivity index (χ2n) is 4.83. The van der Waals surface area contributed by atoms with E-state index < -0.39 is 0 Å². The zero-order valence-corrected chi connectivity index (χ0v) is 10.5. The van der Waals surface area contributed by atoms with E-state index in [0.717, 1.165) is 32.6 Å². The molecule has 0 bridgehead atoms. The Balaban J connectivity index is 1.52. The van der Waals surface area contributed by atoms with E-state index in [-0.39, 0.29) is 12.5 Å². The Morgan fingerprint density at radius 3 is 2.72 bits per heavy atom. The van der Waals surface area contributed by atoms with Gasteiger partial charge >= 0.3 is 0 Å². The summed E-state index contributed by atoms with van der Waals surface area (Å²) in [6, 6.07) is 10.4. The summed E-state index contributed by atoms with van der Waals surface area (Å²) in [7, 11) is 0. The second-order valence-corrected chi connectivity index (χ2v) is 4.83. The van der Waals surface area contributed by atoms with Crippen LogP contribution in [0.15, 0.2) is 30.3 Å². The quantitative estimate of drug-likeness (QED) is 0.859. The highest BCUT2D eigenvalue weighted by Gasteiger charge is 2.31. The lowest BCUT2D eigenvalue weighted by Gasteiger charge is -2.31. The highest BCUT2D eigenvalue weighted by molar-refractivity contribution is 5.15. The average molecular weight is 248 g/mol. The van der Waals surface area contributed by atoms with Crippen LogP contribution in [-0.2, 0) is 15.9 Å². The number of nitrogens with zero attached hydrogens (tertiary/aromatic N) is 1. The monoisotopic (exact) mass is 248 g/mol. The van der Waals surface area contributed by atoms with Gasteiger partial charge in [0.2, 0.25) is 0 Å². The molecule has 0 aromatic heterocycles. The molecule has 2 saturated heterocycles. The number of benzene rings is 1. The molecule has 2 aliphatic rings.